The molecule has 0 aromatic rings. The molecule has 0 bridgehead atoms. The maximum atomic E-state index is 13.1. The number of unbranched alkanes of at least 4 members (excludes halogenated alkanes) is 16. The molecule has 61 heavy (non-hydrogen) atoms. The number of esters is 2. The summed E-state index contributed by atoms with van der Waals surface area (Å²) in [5.41, 5.74) is 0. The average Bonchev–Trinajstić information content (AvgIpc) is 3.53. The van der Waals surface area contributed by atoms with Crippen LogP contribution in [-0.2, 0) is 28.5 Å². The highest BCUT2D eigenvalue weighted by Crippen LogP contribution is 2.20. The van der Waals surface area contributed by atoms with Gasteiger partial charge in [0.15, 0.2) is 0 Å². The smallest absolute Gasteiger partial charge is 0.409 e. The first-order valence-corrected chi connectivity index (χ1v) is 26.8. The minimum Gasteiger partial charge on any atom is -0.461 e. The van der Waals surface area contributed by atoms with Crippen molar-refractivity contribution in [3.8, 4) is 0 Å². The van der Waals surface area contributed by atoms with E-state index in [0.717, 1.165) is 96.7 Å². The molecule has 1 heterocycles. The second-order valence-corrected chi connectivity index (χ2v) is 18.8. The Hall–Kier alpha value is -2.38. The first kappa shape index (κ1) is 56.6. The number of rotatable bonds is 40. The van der Waals surface area contributed by atoms with Crippen molar-refractivity contribution in [2.45, 2.75) is 181 Å². The maximum absolute atomic E-state index is 13.1. The van der Waals surface area contributed by atoms with Crippen molar-refractivity contribution in [2.75, 3.05) is 77.2 Å². The Morgan fingerprint density at radius 2 is 1.03 bits per heavy atom. The molecule has 0 aromatic heterocycles. The molecule has 1 fully saturated rings. The molecule has 0 saturated carbocycles. The van der Waals surface area contributed by atoms with Crippen LogP contribution in [0.4, 0.5) is 9.59 Å². The number of amides is 2. The summed E-state index contributed by atoms with van der Waals surface area (Å²) >= 11 is 0. The first-order chi connectivity index (χ1) is 30.0. The van der Waals surface area contributed by atoms with Crippen LogP contribution >= 0.6 is 21.6 Å². The van der Waals surface area contributed by atoms with Crippen LogP contribution in [0.2, 0.25) is 0 Å². The molecule has 0 unspecified atom stereocenters. The number of hydrogen-bond acceptors (Lipinski definition) is 11. The van der Waals surface area contributed by atoms with Gasteiger partial charge in [0.25, 0.3) is 0 Å². The Balaban J connectivity index is 2.27. The number of ether oxygens (including phenoxy) is 4. The number of alkyl carbamates (subject to hydrolysis) is 1. The fourth-order valence-corrected chi connectivity index (χ4v) is 8.60. The van der Waals surface area contributed by atoms with E-state index in [1.165, 1.54) is 77.0 Å². The van der Waals surface area contributed by atoms with Gasteiger partial charge in [-0.1, -0.05) is 150 Å². The molecule has 1 N–H and O–H groups in total. The molecular formula is C48H87N3O8S2. The van der Waals surface area contributed by atoms with Crippen LogP contribution in [-0.4, -0.2) is 111 Å². The van der Waals surface area contributed by atoms with Crippen molar-refractivity contribution >= 4 is 45.7 Å². The van der Waals surface area contributed by atoms with Gasteiger partial charge in [0.1, 0.15) is 26.4 Å². The SMILES string of the molecule is CCCCCC/C=C\COC(=O)CCCCCCCN(CCCCCCCC(=O)OC/C=C\CCCCCC)C(=O)OCCSSCCOC(=O)NCCN1CCCCCC1. The Morgan fingerprint density at radius 3 is 1.56 bits per heavy atom. The zero-order valence-electron chi connectivity index (χ0n) is 38.7. The van der Waals surface area contributed by atoms with E-state index in [0.29, 0.717) is 70.4 Å². The summed E-state index contributed by atoms with van der Waals surface area (Å²) in [6.07, 6.45) is 34.7. The zero-order valence-corrected chi connectivity index (χ0v) is 40.3. The monoisotopic (exact) mass is 898 g/mol. The molecule has 354 valence electrons. The van der Waals surface area contributed by atoms with Crippen molar-refractivity contribution in [1.29, 1.82) is 0 Å². The van der Waals surface area contributed by atoms with E-state index >= 15 is 0 Å². The molecule has 0 aromatic carbocycles. The summed E-state index contributed by atoms with van der Waals surface area (Å²) in [6.45, 7) is 10.8. The van der Waals surface area contributed by atoms with Crippen LogP contribution in [0, 0.1) is 0 Å². The highest BCUT2D eigenvalue weighted by atomic mass is 33.1. The number of allylic oxidation sites excluding steroid dienone is 2. The van der Waals surface area contributed by atoms with E-state index in [1.807, 2.05) is 17.1 Å². The number of likely N-dealkylation sites (tertiary alicyclic amines) is 1. The summed E-state index contributed by atoms with van der Waals surface area (Å²) in [4.78, 5) is 53.6. The number of nitrogens with one attached hydrogen (secondary N) is 1. The standard InChI is InChI=1S/C48H87N3O8S2/c1-3-5-7-9-11-21-29-39-56-45(52)31-23-15-13-17-27-36-51(37-28-18-14-16-24-32-46(53)57-40-30-22-12-10-8-6-4-2)48(55)59-42-44-61-60-43-41-58-47(54)49-33-38-50-34-25-19-20-26-35-50/h21-22,29-30H,3-20,23-28,31-44H2,1-2H3,(H,49,54)/b29-21-,30-22-. The van der Waals surface area contributed by atoms with E-state index in [9.17, 15) is 19.2 Å². The minimum atomic E-state index is -0.367. The third-order valence-corrected chi connectivity index (χ3v) is 12.9. The lowest BCUT2D eigenvalue weighted by atomic mass is 10.1. The molecule has 1 aliphatic heterocycles. The van der Waals surface area contributed by atoms with Crippen molar-refractivity contribution in [3.63, 3.8) is 0 Å². The second-order valence-electron chi connectivity index (χ2n) is 16.1. The molecule has 0 aliphatic carbocycles. The van der Waals surface area contributed by atoms with Crippen molar-refractivity contribution in [3.05, 3.63) is 24.3 Å². The highest BCUT2D eigenvalue weighted by molar-refractivity contribution is 8.76. The maximum Gasteiger partial charge on any atom is 0.409 e. The average molecular weight is 898 g/mol. The van der Waals surface area contributed by atoms with E-state index in [1.54, 1.807) is 21.6 Å². The third kappa shape index (κ3) is 39.0. The number of hydrogen-bond donors (Lipinski definition) is 1. The summed E-state index contributed by atoms with van der Waals surface area (Å²) < 4.78 is 21.7. The molecule has 1 aliphatic rings. The Labute approximate surface area is 379 Å². The van der Waals surface area contributed by atoms with Gasteiger partial charge in [-0.25, -0.2) is 9.59 Å². The van der Waals surface area contributed by atoms with Gasteiger partial charge >= 0.3 is 24.1 Å². The minimum absolute atomic E-state index is 0.137. The molecule has 2 amide bonds. The zero-order chi connectivity index (χ0) is 44.1. The predicted molar refractivity (Wildman–Crippen MR) is 255 cm³/mol. The lowest BCUT2D eigenvalue weighted by molar-refractivity contribution is -0.143. The van der Waals surface area contributed by atoms with Crippen LogP contribution in [0.25, 0.3) is 0 Å². The summed E-state index contributed by atoms with van der Waals surface area (Å²) in [5, 5.41) is 2.86. The molecular weight excluding hydrogens is 811 g/mol. The summed E-state index contributed by atoms with van der Waals surface area (Å²) in [7, 11) is 3.21. The summed E-state index contributed by atoms with van der Waals surface area (Å²) in [6, 6.07) is 0. The molecule has 13 heteroatoms. The Morgan fingerprint density at radius 1 is 0.557 bits per heavy atom. The number of nitrogens with zero attached hydrogens (tertiary/aromatic N) is 2. The van der Waals surface area contributed by atoms with Gasteiger partial charge in [-0.15, -0.1) is 0 Å². The molecule has 1 saturated heterocycles. The van der Waals surface area contributed by atoms with E-state index in [2.05, 4.69) is 36.2 Å². The van der Waals surface area contributed by atoms with Gasteiger partial charge in [-0.05, 0) is 77.3 Å². The first-order valence-electron chi connectivity index (χ1n) is 24.4. The highest BCUT2D eigenvalue weighted by Gasteiger charge is 2.15. The topological polar surface area (TPSA) is 124 Å². The van der Waals surface area contributed by atoms with Gasteiger partial charge in [0.05, 0.1) is 0 Å². The normalized spacial score (nSPS) is 13.3. The molecule has 0 radical (unpaired) electrons. The number of carbonyl (C=O) groups excluding carboxylic acids is 4. The largest absolute Gasteiger partial charge is 0.461 e. The number of carbonyl (C=O) groups is 4. The van der Waals surface area contributed by atoms with Crippen LogP contribution in [0.1, 0.15) is 181 Å². The van der Waals surface area contributed by atoms with Gasteiger partial charge in [0, 0.05) is 50.5 Å². The third-order valence-electron chi connectivity index (χ3n) is 10.6. The van der Waals surface area contributed by atoms with Gasteiger partial charge in [-0.3, -0.25) is 9.59 Å². The van der Waals surface area contributed by atoms with E-state index in [4.69, 9.17) is 18.9 Å². The Kier molecular flexibility index (Phi) is 41.1. The van der Waals surface area contributed by atoms with E-state index in [-0.39, 0.29) is 24.1 Å². The quantitative estimate of drug-likeness (QED) is 0.0208. The van der Waals surface area contributed by atoms with Crippen LogP contribution in [0.15, 0.2) is 24.3 Å². The van der Waals surface area contributed by atoms with Gasteiger partial charge in [0.2, 0.25) is 0 Å². The van der Waals surface area contributed by atoms with Crippen LogP contribution in [0.3, 0.4) is 0 Å². The summed E-state index contributed by atoms with van der Waals surface area (Å²) in [5.74, 6) is 1.05. The lowest BCUT2D eigenvalue weighted by Gasteiger charge is -2.22. The molecule has 1 rings (SSSR count). The van der Waals surface area contributed by atoms with E-state index < -0.39 is 0 Å². The molecule has 11 nitrogen and oxygen atoms in total. The second kappa shape index (κ2) is 44.2. The van der Waals surface area contributed by atoms with Crippen LogP contribution < -0.4 is 5.32 Å². The van der Waals surface area contributed by atoms with Crippen molar-refractivity contribution in [1.82, 2.24) is 15.1 Å². The fourth-order valence-electron chi connectivity index (χ4n) is 6.94. The fraction of sp³-hybridized carbons (Fsp3) is 0.833. The van der Waals surface area contributed by atoms with Gasteiger partial charge < -0.3 is 34.1 Å². The predicted octanol–water partition coefficient (Wildman–Crippen LogP) is 12.2. The van der Waals surface area contributed by atoms with Gasteiger partial charge in [-0.2, -0.15) is 0 Å². The molecule has 0 atom stereocenters. The van der Waals surface area contributed by atoms with Crippen molar-refractivity contribution < 1.29 is 38.1 Å². The molecule has 0 spiro atoms. The lowest BCUT2D eigenvalue weighted by Crippen LogP contribution is -2.35. The van der Waals surface area contributed by atoms with Crippen molar-refractivity contribution in [2.24, 2.45) is 0 Å². The van der Waals surface area contributed by atoms with Crippen LogP contribution in [0.5, 0.6) is 0 Å². The Bertz CT molecular complexity index is 1070.